The van der Waals surface area contributed by atoms with E-state index >= 15 is 0 Å². The normalized spacial score (nSPS) is 17.9. The molecule has 100 valence electrons. The zero-order chi connectivity index (χ0) is 13.4. The molecule has 1 aliphatic carbocycles. The zero-order valence-electron chi connectivity index (χ0n) is 11.2. The van der Waals surface area contributed by atoms with Gasteiger partial charge in [0.05, 0.1) is 11.6 Å². The second kappa shape index (κ2) is 4.91. The third-order valence-electron chi connectivity index (χ3n) is 4.00. The molecule has 0 spiro atoms. The Labute approximate surface area is 122 Å². The summed E-state index contributed by atoms with van der Waals surface area (Å²) in [7, 11) is 0. The van der Waals surface area contributed by atoms with Crippen molar-refractivity contribution in [2.75, 3.05) is 5.32 Å². The number of anilines is 1. The van der Waals surface area contributed by atoms with Crippen LogP contribution in [-0.4, -0.2) is 4.98 Å². The Bertz CT molecular complexity index is 747. The van der Waals surface area contributed by atoms with Gasteiger partial charge in [0, 0.05) is 22.1 Å². The number of aryl methyl sites for hydroxylation is 1. The first kappa shape index (κ1) is 11.9. The van der Waals surface area contributed by atoms with Crippen molar-refractivity contribution >= 4 is 27.9 Å². The molecule has 0 saturated heterocycles. The second-order valence-corrected chi connectivity index (χ2v) is 6.30. The highest BCUT2D eigenvalue weighted by Crippen LogP contribution is 2.35. The van der Waals surface area contributed by atoms with Gasteiger partial charge >= 0.3 is 0 Å². The van der Waals surface area contributed by atoms with Crippen molar-refractivity contribution in [2.24, 2.45) is 0 Å². The summed E-state index contributed by atoms with van der Waals surface area (Å²) in [5, 5.41) is 7.10. The van der Waals surface area contributed by atoms with Crippen LogP contribution in [0.4, 0.5) is 5.69 Å². The molecule has 1 N–H and O–H groups in total. The molecule has 2 nitrogen and oxygen atoms in total. The molecule has 0 radical (unpaired) electrons. The predicted molar refractivity (Wildman–Crippen MR) is 85.4 cm³/mol. The lowest BCUT2D eigenvalue weighted by Gasteiger charge is -2.24. The molecule has 1 unspecified atom stereocenters. The van der Waals surface area contributed by atoms with Gasteiger partial charge in [0.1, 0.15) is 0 Å². The highest BCUT2D eigenvalue weighted by atomic mass is 32.1. The summed E-state index contributed by atoms with van der Waals surface area (Å²) >= 11 is 1.89. The Morgan fingerprint density at radius 1 is 1.20 bits per heavy atom. The molecular formula is C17H16N2S. The van der Waals surface area contributed by atoms with Gasteiger partial charge in [-0.15, -0.1) is 11.3 Å². The fourth-order valence-corrected chi connectivity index (χ4v) is 3.99. The number of benzene rings is 1. The van der Waals surface area contributed by atoms with Crippen LogP contribution in [0.2, 0.25) is 0 Å². The van der Waals surface area contributed by atoms with Crippen molar-refractivity contribution < 1.29 is 0 Å². The molecule has 1 aliphatic rings. The molecule has 0 aliphatic heterocycles. The van der Waals surface area contributed by atoms with Crippen LogP contribution in [0.3, 0.4) is 0 Å². The number of thiophene rings is 1. The van der Waals surface area contributed by atoms with Crippen LogP contribution in [0.25, 0.3) is 10.9 Å². The summed E-state index contributed by atoms with van der Waals surface area (Å²) in [6.45, 7) is 0. The Morgan fingerprint density at radius 2 is 2.20 bits per heavy atom. The van der Waals surface area contributed by atoms with Gasteiger partial charge in [-0.05, 0) is 60.5 Å². The van der Waals surface area contributed by atoms with Crippen molar-refractivity contribution in [2.45, 2.75) is 25.3 Å². The molecule has 0 saturated carbocycles. The van der Waals surface area contributed by atoms with E-state index in [9.17, 15) is 0 Å². The molecule has 3 aromatic rings. The van der Waals surface area contributed by atoms with Gasteiger partial charge in [0.25, 0.3) is 0 Å². The summed E-state index contributed by atoms with van der Waals surface area (Å²) in [6.07, 6.45) is 5.58. The van der Waals surface area contributed by atoms with E-state index in [-0.39, 0.29) is 0 Å². The largest absolute Gasteiger partial charge is 0.378 e. The van der Waals surface area contributed by atoms with E-state index in [0.717, 1.165) is 5.52 Å². The SMILES string of the molecule is c1cnc2ccc(NC3CCCc4sccc43)cc2c1. The monoisotopic (exact) mass is 280 g/mol. The number of hydrogen-bond acceptors (Lipinski definition) is 3. The first-order valence-corrected chi connectivity index (χ1v) is 7.96. The second-order valence-electron chi connectivity index (χ2n) is 5.30. The molecule has 20 heavy (non-hydrogen) atoms. The van der Waals surface area contributed by atoms with Crippen molar-refractivity contribution in [3.63, 3.8) is 0 Å². The van der Waals surface area contributed by atoms with Gasteiger partial charge in [-0.25, -0.2) is 0 Å². The number of hydrogen-bond donors (Lipinski definition) is 1. The van der Waals surface area contributed by atoms with Crippen LogP contribution < -0.4 is 5.32 Å². The predicted octanol–water partition coefficient (Wildman–Crippen LogP) is 4.79. The molecule has 3 heteroatoms. The quantitative estimate of drug-likeness (QED) is 0.730. The van der Waals surface area contributed by atoms with E-state index in [1.165, 1.54) is 35.9 Å². The lowest BCUT2D eigenvalue weighted by atomic mass is 9.94. The Morgan fingerprint density at radius 3 is 3.20 bits per heavy atom. The van der Waals surface area contributed by atoms with E-state index in [2.05, 4.69) is 46.0 Å². The van der Waals surface area contributed by atoms with E-state index < -0.39 is 0 Å². The molecule has 0 fully saturated rings. The number of aromatic nitrogens is 1. The maximum absolute atomic E-state index is 4.37. The van der Waals surface area contributed by atoms with Crippen LogP contribution >= 0.6 is 11.3 Å². The molecule has 2 heterocycles. The fraction of sp³-hybridized carbons (Fsp3) is 0.235. The van der Waals surface area contributed by atoms with Gasteiger partial charge in [-0.1, -0.05) is 6.07 Å². The van der Waals surface area contributed by atoms with Crippen LogP contribution in [0, 0.1) is 0 Å². The highest BCUT2D eigenvalue weighted by Gasteiger charge is 2.20. The van der Waals surface area contributed by atoms with Crippen molar-refractivity contribution in [1.82, 2.24) is 4.98 Å². The van der Waals surface area contributed by atoms with Gasteiger partial charge < -0.3 is 5.32 Å². The maximum Gasteiger partial charge on any atom is 0.0703 e. The van der Waals surface area contributed by atoms with Gasteiger partial charge in [0.2, 0.25) is 0 Å². The minimum atomic E-state index is 0.458. The number of nitrogens with zero attached hydrogens (tertiary/aromatic N) is 1. The summed E-state index contributed by atoms with van der Waals surface area (Å²) in [6, 6.07) is 13.3. The Kier molecular flexibility index (Phi) is 2.92. The minimum absolute atomic E-state index is 0.458. The van der Waals surface area contributed by atoms with Crippen molar-refractivity contribution in [3.8, 4) is 0 Å². The molecule has 0 bridgehead atoms. The highest BCUT2D eigenvalue weighted by molar-refractivity contribution is 7.10. The summed E-state index contributed by atoms with van der Waals surface area (Å²) < 4.78 is 0. The minimum Gasteiger partial charge on any atom is -0.378 e. The molecule has 1 atom stereocenters. The van der Waals surface area contributed by atoms with Gasteiger partial charge in [0.15, 0.2) is 0 Å². The molecule has 4 rings (SSSR count). The van der Waals surface area contributed by atoms with E-state index in [1.54, 1.807) is 4.88 Å². The van der Waals surface area contributed by atoms with E-state index in [1.807, 2.05) is 23.6 Å². The number of pyridine rings is 1. The third kappa shape index (κ3) is 2.08. The number of fused-ring (bicyclic) bond motifs is 2. The topological polar surface area (TPSA) is 24.9 Å². The molecular weight excluding hydrogens is 264 g/mol. The fourth-order valence-electron chi connectivity index (χ4n) is 3.00. The molecule has 0 amide bonds. The maximum atomic E-state index is 4.37. The van der Waals surface area contributed by atoms with Gasteiger partial charge in [-0.2, -0.15) is 0 Å². The van der Waals surface area contributed by atoms with E-state index in [0.29, 0.717) is 6.04 Å². The number of rotatable bonds is 2. The van der Waals surface area contributed by atoms with E-state index in [4.69, 9.17) is 0 Å². The lowest BCUT2D eigenvalue weighted by molar-refractivity contribution is 0.609. The lowest BCUT2D eigenvalue weighted by Crippen LogP contribution is -2.15. The van der Waals surface area contributed by atoms with Crippen LogP contribution in [-0.2, 0) is 6.42 Å². The first-order valence-electron chi connectivity index (χ1n) is 7.08. The Balaban J connectivity index is 1.65. The molecule has 2 aromatic heterocycles. The van der Waals surface area contributed by atoms with Gasteiger partial charge in [-0.3, -0.25) is 4.98 Å². The number of nitrogens with one attached hydrogen (secondary N) is 1. The summed E-state index contributed by atoms with van der Waals surface area (Å²) in [5.74, 6) is 0. The zero-order valence-corrected chi connectivity index (χ0v) is 12.0. The van der Waals surface area contributed by atoms with Crippen LogP contribution in [0.15, 0.2) is 48.0 Å². The first-order chi connectivity index (χ1) is 9.90. The summed E-state index contributed by atoms with van der Waals surface area (Å²) in [4.78, 5) is 5.92. The average molecular weight is 280 g/mol. The molecule has 1 aromatic carbocycles. The van der Waals surface area contributed by atoms with Crippen LogP contribution in [0.5, 0.6) is 0 Å². The van der Waals surface area contributed by atoms with Crippen molar-refractivity contribution in [3.05, 3.63) is 58.4 Å². The standard InChI is InChI=1S/C17H16N2S/c1-4-16(14-8-10-20-17(14)5-1)19-13-6-7-15-12(11-13)3-2-9-18-15/h2-3,6-11,16,19H,1,4-5H2. The Hall–Kier alpha value is -1.87. The third-order valence-corrected chi connectivity index (χ3v) is 4.99. The van der Waals surface area contributed by atoms with Crippen LogP contribution in [0.1, 0.15) is 29.3 Å². The van der Waals surface area contributed by atoms with Crippen molar-refractivity contribution in [1.29, 1.82) is 0 Å². The average Bonchev–Trinajstić information content (AvgIpc) is 2.97. The summed E-state index contributed by atoms with van der Waals surface area (Å²) in [5.41, 5.74) is 3.74. The smallest absolute Gasteiger partial charge is 0.0703 e.